The normalized spacial score (nSPS) is 10.2. The Bertz CT molecular complexity index is 570. The molecule has 0 saturated heterocycles. The summed E-state index contributed by atoms with van der Waals surface area (Å²) in [6, 6.07) is 14.3. The number of allylic oxidation sites excluding steroid dienone is 2. The Morgan fingerprint density at radius 3 is 2.53 bits per heavy atom. The first-order valence-electron chi connectivity index (χ1n) is 5.81. The summed E-state index contributed by atoms with van der Waals surface area (Å²) in [7, 11) is 0. The summed E-state index contributed by atoms with van der Waals surface area (Å²) in [4.78, 5) is 11.8. The third-order valence-corrected chi connectivity index (χ3v) is 2.69. The molecule has 0 aliphatic heterocycles. The first-order valence-corrected chi connectivity index (χ1v) is 5.81. The number of rotatable bonds is 3. The van der Waals surface area contributed by atoms with Gasteiger partial charge in [-0.05, 0) is 36.3 Å². The predicted octanol–water partition coefficient (Wildman–Crippen LogP) is 3.92. The fourth-order valence-electron chi connectivity index (χ4n) is 2.01. The second kappa shape index (κ2) is 4.96. The fourth-order valence-corrected chi connectivity index (χ4v) is 2.01. The van der Waals surface area contributed by atoms with Gasteiger partial charge in [0.15, 0.2) is 5.78 Å². The quantitative estimate of drug-likeness (QED) is 0.722. The molecule has 0 heterocycles. The number of carbonyl (C=O) groups excluding carboxylic acids is 1. The lowest BCUT2D eigenvalue weighted by Crippen LogP contribution is -1.99. The summed E-state index contributed by atoms with van der Waals surface area (Å²) in [5.41, 5.74) is 2.15. The van der Waals surface area contributed by atoms with Crippen LogP contribution < -0.4 is 0 Å². The van der Waals surface area contributed by atoms with Gasteiger partial charge < -0.3 is 0 Å². The summed E-state index contributed by atoms with van der Waals surface area (Å²) >= 11 is 0. The molecule has 0 amide bonds. The van der Waals surface area contributed by atoms with Gasteiger partial charge in [0, 0.05) is 6.42 Å². The Balaban J connectivity index is 2.36. The third-order valence-electron chi connectivity index (χ3n) is 2.69. The average molecular weight is 224 g/mol. The van der Waals surface area contributed by atoms with E-state index in [9.17, 15) is 4.79 Å². The van der Waals surface area contributed by atoms with E-state index in [4.69, 9.17) is 0 Å². The van der Waals surface area contributed by atoms with Crippen molar-refractivity contribution in [3.05, 3.63) is 59.7 Å². The third kappa shape index (κ3) is 2.82. The van der Waals surface area contributed by atoms with E-state index in [1.54, 1.807) is 6.08 Å². The lowest BCUT2D eigenvalue weighted by molar-refractivity contribution is -0.114. The van der Waals surface area contributed by atoms with Crippen LogP contribution in [0.5, 0.6) is 0 Å². The number of benzene rings is 2. The van der Waals surface area contributed by atoms with E-state index in [0.29, 0.717) is 6.42 Å². The van der Waals surface area contributed by atoms with Crippen LogP contribution in [-0.4, -0.2) is 5.78 Å². The van der Waals surface area contributed by atoms with Crippen LogP contribution in [0.15, 0.2) is 54.1 Å². The number of ketones is 1. The lowest BCUT2D eigenvalue weighted by Gasteiger charge is -2.04. The van der Waals surface area contributed by atoms with Crippen LogP contribution in [0.3, 0.4) is 0 Å². The summed E-state index contributed by atoms with van der Waals surface area (Å²) in [5, 5.41) is 2.36. The highest BCUT2D eigenvalue weighted by Gasteiger charge is 2.04. The number of fused-ring (bicyclic) bond motifs is 1. The van der Waals surface area contributed by atoms with Crippen molar-refractivity contribution in [2.45, 2.75) is 20.3 Å². The van der Waals surface area contributed by atoms with Crippen LogP contribution in [0, 0.1) is 0 Å². The molecule has 1 heteroatoms. The van der Waals surface area contributed by atoms with E-state index in [-0.39, 0.29) is 5.78 Å². The van der Waals surface area contributed by atoms with E-state index in [0.717, 1.165) is 11.1 Å². The van der Waals surface area contributed by atoms with Gasteiger partial charge in [0.25, 0.3) is 0 Å². The van der Waals surface area contributed by atoms with Crippen LogP contribution in [0.25, 0.3) is 10.8 Å². The molecule has 2 rings (SSSR count). The summed E-state index contributed by atoms with van der Waals surface area (Å²) < 4.78 is 0. The molecule has 0 saturated carbocycles. The molecular formula is C16H16O. The molecule has 0 aliphatic rings. The molecule has 0 aromatic heterocycles. The van der Waals surface area contributed by atoms with Crippen LogP contribution in [0.4, 0.5) is 0 Å². The molecule has 2 aromatic carbocycles. The molecule has 0 aliphatic carbocycles. The van der Waals surface area contributed by atoms with E-state index >= 15 is 0 Å². The van der Waals surface area contributed by atoms with Gasteiger partial charge in [-0.1, -0.05) is 48.0 Å². The Hall–Kier alpha value is -1.89. The van der Waals surface area contributed by atoms with Crippen molar-refractivity contribution in [3.8, 4) is 0 Å². The van der Waals surface area contributed by atoms with Crippen molar-refractivity contribution in [1.29, 1.82) is 0 Å². The molecule has 1 nitrogen and oxygen atoms in total. The highest BCUT2D eigenvalue weighted by atomic mass is 16.1. The molecule has 0 atom stereocenters. The van der Waals surface area contributed by atoms with E-state index in [1.807, 2.05) is 38.1 Å². The molecule has 86 valence electrons. The minimum Gasteiger partial charge on any atom is -0.294 e. The SMILES string of the molecule is CC(C)=CC(=O)Cc1cccc2ccccc12. The van der Waals surface area contributed by atoms with Crippen molar-refractivity contribution in [2.75, 3.05) is 0 Å². The maximum absolute atomic E-state index is 11.8. The van der Waals surface area contributed by atoms with Crippen LogP contribution in [0.1, 0.15) is 19.4 Å². The zero-order valence-corrected chi connectivity index (χ0v) is 10.2. The van der Waals surface area contributed by atoms with Gasteiger partial charge in [0.05, 0.1) is 0 Å². The van der Waals surface area contributed by atoms with Gasteiger partial charge >= 0.3 is 0 Å². The predicted molar refractivity (Wildman–Crippen MR) is 72.1 cm³/mol. The summed E-state index contributed by atoms with van der Waals surface area (Å²) in [5.74, 6) is 0.168. The molecule has 0 radical (unpaired) electrons. The molecule has 0 bridgehead atoms. The summed E-state index contributed by atoms with van der Waals surface area (Å²) in [6.07, 6.45) is 2.19. The van der Waals surface area contributed by atoms with E-state index in [1.165, 1.54) is 10.8 Å². The molecule has 17 heavy (non-hydrogen) atoms. The smallest absolute Gasteiger partial charge is 0.160 e. The Labute approximate surface area is 102 Å². The van der Waals surface area contributed by atoms with Crippen molar-refractivity contribution >= 4 is 16.6 Å². The van der Waals surface area contributed by atoms with E-state index in [2.05, 4.69) is 18.2 Å². The van der Waals surface area contributed by atoms with Gasteiger partial charge in [-0.15, -0.1) is 0 Å². The Morgan fingerprint density at radius 1 is 1.06 bits per heavy atom. The second-order valence-electron chi connectivity index (χ2n) is 4.50. The first kappa shape index (κ1) is 11.6. The number of hydrogen-bond donors (Lipinski definition) is 0. The van der Waals surface area contributed by atoms with Crippen molar-refractivity contribution in [1.82, 2.24) is 0 Å². The molecule has 0 N–H and O–H groups in total. The topological polar surface area (TPSA) is 17.1 Å². The molecule has 0 fully saturated rings. The van der Waals surface area contributed by atoms with Gasteiger partial charge in [0.2, 0.25) is 0 Å². The minimum atomic E-state index is 0.168. The van der Waals surface area contributed by atoms with Crippen LogP contribution in [-0.2, 0) is 11.2 Å². The van der Waals surface area contributed by atoms with Crippen molar-refractivity contribution < 1.29 is 4.79 Å². The van der Waals surface area contributed by atoms with E-state index < -0.39 is 0 Å². The maximum atomic E-state index is 11.8. The molecular weight excluding hydrogens is 208 g/mol. The standard InChI is InChI=1S/C16H16O/c1-12(2)10-15(17)11-14-8-5-7-13-6-3-4-9-16(13)14/h3-10H,11H2,1-2H3. The summed E-state index contributed by atoms with van der Waals surface area (Å²) in [6.45, 7) is 3.89. The molecule has 2 aromatic rings. The number of carbonyl (C=O) groups is 1. The molecule has 0 spiro atoms. The maximum Gasteiger partial charge on any atom is 0.160 e. The number of hydrogen-bond acceptors (Lipinski definition) is 1. The Morgan fingerprint density at radius 2 is 1.76 bits per heavy atom. The minimum absolute atomic E-state index is 0.168. The highest BCUT2D eigenvalue weighted by molar-refractivity contribution is 5.96. The monoisotopic (exact) mass is 224 g/mol. The van der Waals surface area contributed by atoms with Gasteiger partial charge in [0.1, 0.15) is 0 Å². The largest absolute Gasteiger partial charge is 0.294 e. The Kier molecular flexibility index (Phi) is 3.38. The second-order valence-corrected chi connectivity index (χ2v) is 4.50. The zero-order chi connectivity index (χ0) is 12.3. The molecule has 0 unspecified atom stereocenters. The van der Waals surface area contributed by atoms with Crippen LogP contribution in [0.2, 0.25) is 0 Å². The first-order chi connectivity index (χ1) is 8.16. The fraction of sp³-hybridized carbons (Fsp3) is 0.188. The van der Waals surface area contributed by atoms with Crippen molar-refractivity contribution in [3.63, 3.8) is 0 Å². The highest BCUT2D eigenvalue weighted by Crippen LogP contribution is 2.19. The van der Waals surface area contributed by atoms with Gasteiger partial charge in [-0.3, -0.25) is 4.79 Å². The van der Waals surface area contributed by atoms with Crippen LogP contribution >= 0.6 is 0 Å². The van der Waals surface area contributed by atoms with Crippen molar-refractivity contribution in [2.24, 2.45) is 0 Å². The lowest BCUT2D eigenvalue weighted by atomic mass is 10.00. The van der Waals surface area contributed by atoms with Gasteiger partial charge in [-0.25, -0.2) is 0 Å². The van der Waals surface area contributed by atoms with Gasteiger partial charge in [-0.2, -0.15) is 0 Å². The zero-order valence-electron chi connectivity index (χ0n) is 10.2. The average Bonchev–Trinajstić information content (AvgIpc) is 2.28.